The van der Waals surface area contributed by atoms with Crippen LogP contribution in [0, 0.1) is 16.0 Å². The number of pyridine rings is 1. The fraction of sp³-hybridized carbons (Fsp3) is 0.417. The van der Waals surface area contributed by atoms with Gasteiger partial charge in [-0.15, -0.1) is 0 Å². The molecular formula is C12H14ClN3O5. The highest BCUT2D eigenvalue weighted by atomic mass is 35.5. The average Bonchev–Trinajstić information content (AvgIpc) is 2.42. The van der Waals surface area contributed by atoms with Crippen molar-refractivity contribution in [2.24, 2.45) is 5.92 Å². The van der Waals surface area contributed by atoms with Gasteiger partial charge in [-0.05, 0) is 12.3 Å². The topological polar surface area (TPSA) is 122 Å². The molecule has 0 fully saturated rings. The number of hydrogen-bond acceptors (Lipinski definition) is 5. The Labute approximate surface area is 125 Å². The SMILES string of the molecule is CC(CCC(=O)O)CNC(=O)c1cc([N+](=O)[O-])cnc1Cl. The predicted octanol–water partition coefficient (Wildman–Crippen LogP) is 1.87. The first-order valence-corrected chi connectivity index (χ1v) is 6.49. The lowest BCUT2D eigenvalue weighted by molar-refractivity contribution is -0.385. The molecule has 114 valence electrons. The van der Waals surface area contributed by atoms with E-state index in [4.69, 9.17) is 16.7 Å². The molecule has 9 heteroatoms. The molecule has 0 radical (unpaired) electrons. The van der Waals surface area contributed by atoms with Gasteiger partial charge >= 0.3 is 5.97 Å². The van der Waals surface area contributed by atoms with Gasteiger partial charge in [0.2, 0.25) is 0 Å². The molecule has 1 rings (SSSR count). The van der Waals surface area contributed by atoms with Crippen LogP contribution >= 0.6 is 11.6 Å². The Balaban J connectivity index is 2.65. The van der Waals surface area contributed by atoms with Gasteiger partial charge in [0.25, 0.3) is 11.6 Å². The van der Waals surface area contributed by atoms with Crippen molar-refractivity contribution >= 4 is 29.2 Å². The molecule has 1 aromatic rings. The van der Waals surface area contributed by atoms with E-state index in [1.807, 2.05) is 0 Å². The summed E-state index contributed by atoms with van der Waals surface area (Å²) in [6.07, 6.45) is 1.39. The van der Waals surface area contributed by atoms with Crippen molar-refractivity contribution in [2.45, 2.75) is 19.8 Å². The average molecular weight is 316 g/mol. The van der Waals surface area contributed by atoms with Gasteiger partial charge in [0.1, 0.15) is 11.3 Å². The Bertz CT molecular complexity index is 564. The molecular weight excluding hydrogens is 302 g/mol. The van der Waals surface area contributed by atoms with E-state index < -0.39 is 16.8 Å². The van der Waals surface area contributed by atoms with Crippen molar-refractivity contribution in [3.05, 3.63) is 33.1 Å². The van der Waals surface area contributed by atoms with Gasteiger partial charge in [0.05, 0.1) is 10.5 Å². The van der Waals surface area contributed by atoms with Gasteiger partial charge in [0.15, 0.2) is 0 Å². The Morgan fingerprint density at radius 3 is 2.81 bits per heavy atom. The molecule has 0 aromatic carbocycles. The van der Waals surface area contributed by atoms with Crippen molar-refractivity contribution in [1.29, 1.82) is 0 Å². The first-order valence-electron chi connectivity index (χ1n) is 6.11. The number of aliphatic carboxylic acids is 1. The number of amides is 1. The lowest BCUT2D eigenvalue weighted by Gasteiger charge is -2.11. The van der Waals surface area contributed by atoms with Crippen LogP contribution in [0.3, 0.4) is 0 Å². The molecule has 0 aliphatic rings. The van der Waals surface area contributed by atoms with Gasteiger partial charge in [-0.2, -0.15) is 0 Å². The minimum absolute atomic E-state index is 0.0101. The molecule has 0 aliphatic heterocycles. The Morgan fingerprint density at radius 2 is 2.24 bits per heavy atom. The maximum Gasteiger partial charge on any atom is 0.303 e. The standard InChI is InChI=1S/C12H14ClN3O5/c1-7(2-3-10(17)18)5-15-12(19)9-4-8(16(20)21)6-14-11(9)13/h4,6-7H,2-3,5H2,1H3,(H,15,19)(H,17,18). The summed E-state index contributed by atoms with van der Waals surface area (Å²) in [4.78, 5) is 35.9. The molecule has 1 atom stereocenters. The van der Waals surface area contributed by atoms with Crippen LogP contribution < -0.4 is 5.32 Å². The monoisotopic (exact) mass is 315 g/mol. The first-order chi connectivity index (χ1) is 9.81. The number of nitrogens with zero attached hydrogens (tertiary/aromatic N) is 2. The third-order valence-electron chi connectivity index (χ3n) is 2.74. The van der Waals surface area contributed by atoms with Crippen LogP contribution in [-0.4, -0.2) is 33.4 Å². The largest absolute Gasteiger partial charge is 0.481 e. The lowest BCUT2D eigenvalue weighted by atomic mass is 10.1. The Morgan fingerprint density at radius 1 is 1.57 bits per heavy atom. The number of rotatable bonds is 7. The zero-order chi connectivity index (χ0) is 16.0. The third kappa shape index (κ3) is 5.35. The maximum atomic E-state index is 11.9. The normalized spacial score (nSPS) is 11.7. The van der Waals surface area contributed by atoms with Gasteiger partial charge in [-0.25, -0.2) is 4.98 Å². The maximum absolute atomic E-state index is 11.9. The second-order valence-corrected chi connectivity index (χ2v) is 4.89. The predicted molar refractivity (Wildman–Crippen MR) is 74.3 cm³/mol. The summed E-state index contributed by atoms with van der Waals surface area (Å²) >= 11 is 5.74. The molecule has 0 saturated carbocycles. The third-order valence-corrected chi connectivity index (χ3v) is 3.04. The summed E-state index contributed by atoms with van der Waals surface area (Å²) in [7, 11) is 0. The Kier molecular flexibility index (Phi) is 6.04. The molecule has 1 amide bonds. The summed E-state index contributed by atoms with van der Waals surface area (Å²) < 4.78 is 0. The highest BCUT2D eigenvalue weighted by Gasteiger charge is 2.17. The van der Waals surface area contributed by atoms with Crippen molar-refractivity contribution in [2.75, 3.05) is 6.54 Å². The summed E-state index contributed by atoms with van der Waals surface area (Å²) in [6, 6.07) is 1.05. The van der Waals surface area contributed by atoms with Crippen molar-refractivity contribution < 1.29 is 19.6 Å². The van der Waals surface area contributed by atoms with Crippen LogP contribution in [0.5, 0.6) is 0 Å². The number of nitro groups is 1. The van der Waals surface area contributed by atoms with E-state index in [1.165, 1.54) is 0 Å². The lowest BCUT2D eigenvalue weighted by Crippen LogP contribution is -2.29. The highest BCUT2D eigenvalue weighted by molar-refractivity contribution is 6.32. The summed E-state index contributed by atoms with van der Waals surface area (Å²) in [5.74, 6) is -1.53. The fourth-order valence-electron chi connectivity index (χ4n) is 1.53. The number of aromatic nitrogens is 1. The first kappa shape index (κ1) is 16.8. The van der Waals surface area contributed by atoms with Crippen molar-refractivity contribution in [3.8, 4) is 0 Å². The summed E-state index contributed by atoms with van der Waals surface area (Å²) in [5.41, 5.74) is -0.417. The van der Waals surface area contributed by atoms with E-state index in [0.717, 1.165) is 12.3 Å². The number of carboxylic acids is 1. The van der Waals surface area contributed by atoms with Crippen LogP contribution in [-0.2, 0) is 4.79 Å². The second-order valence-electron chi connectivity index (χ2n) is 4.54. The zero-order valence-corrected chi connectivity index (χ0v) is 12.0. The van der Waals surface area contributed by atoms with E-state index in [0.29, 0.717) is 6.42 Å². The molecule has 1 heterocycles. The van der Waals surface area contributed by atoms with E-state index in [2.05, 4.69) is 10.3 Å². The van der Waals surface area contributed by atoms with Crippen LogP contribution in [0.1, 0.15) is 30.1 Å². The Hall–Kier alpha value is -2.22. The molecule has 1 unspecified atom stereocenters. The van der Waals surface area contributed by atoms with Crippen LogP contribution in [0.15, 0.2) is 12.3 Å². The number of halogens is 1. The smallest absolute Gasteiger partial charge is 0.303 e. The summed E-state index contributed by atoms with van der Waals surface area (Å²) in [6.45, 7) is 2.03. The van der Waals surface area contributed by atoms with Crippen LogP contribution in [0.25, 0.3) is 0 Å². The zero-order valence-electron chi connectivity index (χ0n) is 11.2. The molecule has 8 nitrogen and oxygen atoms in total. The van der Waals surface area contributed by atoms with E-state index in [1.54, 1.807) is 6.92 Å². The fourth-order valence-corrected chi connectivity index (χ4v) is 1.72. The molecule has 2 N–H and O–H groups in total. The van der Waals surface area contributed by atoms with E-state index in [9.17, 15) is 19.7 Å². The number of carbonyl (C=O) groups is 2. The molecule has 0 aliphatic carbocycles. The quantitative estimate of drug-likeness (QED) is 0.450. The number of hydrogen-bond donors (Lipinski definition) is 2. The number of carbonyl (C=O) groups excluding carboxylic acids is 1. The van der Waals surface area contributed by atoms with Gasteiger partial charge < -0.3 is 10.4 Å². The molecule has 0 spiro atoms. The van der Waals surface area contributed by atoms with Gasteiger partial charge in [0, 0.05) is 19.0 Å². The minimum Gasteiger partial charge on any atom is -0.481 e. The van der Waals surface area contributed by atoms with Gasteiger partial charge in [-0.3, -0.25) is 19.7 Å². The van der Waals surface area contributed by atoms with Crippen molar-refractivity contribution in [1.82, 2.24) is 10.3 Å². The number of nitrogens with one attached hydrogen (secondary N) is 1. The van der Waals surface area contributed by atoms with E-state index in [-0.39, 0.29) is 35.3 Å². The van der Waals surface area contributed by atoms with E-state index >= 15 is 0 Å². The summed E-state index contributed by atoms with van der Waals surface area (Å²) in [5, 5.41) is 21.6. The molecule has 21 heavy (non-hydrogen) atoms. The van der Waals surface area contributed by atoms with Crippen LogP contribution in [0.4, 0.5) is 5.69 Å². The second kappa shape index (κ2) is 7.53. The van der Waals surface area contributed by atoms with Crippen molar-refractivity contribution in [3.63, 3.8) is 0 Å². The minimum atomic E-state index is -0.904. The van der Waals surface area contributed by atoms with Crippen LogP contribution in [0.2, 0.25) is 5.15 Å². The molecule has 1 aromatic heterocycles. The molecule has 0 saturated heterocycles. The molecule has 0 bridgehead atoms. The number of carboxylic acid groups (broad SMARTS) is 1. The highest BCUT2D eigenvalue weighted by Crippen LogP contribution is 2.19. The van der Waals surface area contributed by atoms with Gasteiger partial charge in [-0.1, -0.05) is 18.5 Å².